The lowest BCUT2D eigenvalue weighted by Crippen LogP contribution is -2.51. The Morgan fingerprint density at radius 2 is 1.85 bits per heavy atom. The van der Waals surface area contributed by atoms with Crippen LogP contribution >= 0.6 is 0 Å². The zero-order valence-corrected chi connectivity index (χ0v) is 17.3. The van der Waals surface area contributed by atoms with E-state index in [0.717, 1.165) is 31.5 Å². The molecular weight excluding hydrogens is 336 g/mol. The smallest absolute Gasteiger partial charge is 0.169 e. The van der Waals surface area contributed by atoms with Gasteiger partial charge in [0, 0.05) is 25.1 Å². The molecule has 1 aromatic carbocycles. The van der Waals surface area contributed by atoms with Crippen LogP contribution in [0.4, 0.5) is 5.69 Å². The molecule has 1 spiro atoms. The zero-order chi connectivity index (χ0) is 19.7. The maximum atomic E-state index is 9.33. The predicted octanol–water partition coefficient (Wildman–Crippen LogP) is 5.17. The summed E-state index contributed by atoms with van der Waals surface area (Å²) in [6.07, 6.45) is 7.14. The Morgan fingerprint density at radius 3 is 2.48 bits per heavy atom. The monoisotopic (exact) mass is 368 g/mol. The Bertz CT molecular complexity index is 756. The molecule has 1 heterocycles. The molecule has 0 aromatic heterocycles. The van der Waals surface area contributed by atoms with Crippen LogP contribution in [-0.4, -0.2) is 25.5 Å². The third-order valence-corrected chi connectivity index (χ3v) is 5.69. The van der Waals surface area contributed by atoms with Gasteiger partial charge in [0.2, 0.25) is 0 Å². The molecule has 3 rings (SSSR count). The first-order valence-electron chi connectivity index (χ1n) is 9.88. The van der Waals surface area contributed by atoms with Crippen molar-refractivity contribution in [3.8, 4) is 6.07 Å². The van der Waals surface area contributed by atoms with Gasteiger partial charge in [0.1, 0.15) is 0 Å². The number of nitrogens with zero attached hydrogens (tertiary/aromatic N) is 2. The van der Waals surface area contributed by atoms with Crippen molar-refractivity contribution >= 4 is 5.69 Å². The summed E-state index contributed by atoms with van der Waals surface area (Å²) >= 11 is 0. The summed E-state index contributed by atoms with van der Waals surface area (Å²) in [6.45, 7) is 13.4. The molecule has 146 valence electrons. The van der Waals surface area contributed by atoms with Crippen LogP contribution in [-0.2, 0) is 9.47 Å². The summed E-state index contributed by atoms with van der Waals surface area (Å²) in [7, 11) is 0. The fraction of sp³-hybridized carbons (Fsp3) is 0.609. The van der Waals surface area contributed by atoms with Crippen molar-refractivity contribution in [2.45, 2.75) is 59.7 Å². The van der Waals surface area contributed by atoms with Crippen molar-refractivity contribution in [2.75, 3.05) is 24.7 Å². The standard InChI is InChI=1S/C23H32N2O2/c1-6-9-25(20-12-19(13-24)8-7-18(20)2)17-22(5)14-21(3,4)15-23(16-22)26-10-11-27-23/h6-9,12H,10-11,14-17H2,1-5H3/b9-6-. The molecule has 0 bridgehead atoms. The van der Waals surface area contributed by atoms with Gasteiger partial charge in [-0.1, -0.05) is 32.9 Å². The van der Waals surface area contributed by atoms with Crippen molar-refractivity contribution in [3.05, 3.63) is 41.6 Å². The highest BCUT2D eigenvalue weighted by atomic mass is 16.7. The minimum absolute atomic E-state index is 0.0423. The molecule has 1 unspecified atom stereocenters. The molecule has 2 fully saturated rings. The second-order valence-corrected chi connectivity index (χ2v) is 9.34. The maximum absolute atomic E-state index is 9.33. The maximum Gasteiger partial charge on any atom is 0.169 e. The van der Waals surface area contributed by atoms with E-state index < -0.39 is 5.79 Å². The molecule has 1 saturated heterocycles. The van der Waals surface area contributed by atoms with E-state index in [0.29, 0.717) is 18.8 Å². The van der Waals surface area contributed by atoms with Gasteiger partial charge in [-0.25, -0.2) is 0 Å². The highest BCUT2D eigenvalue weighted by molar-refractivity contribution is 5.59. The van der Waals surface area contributed by atoms with E-state index in [1.165, 1.54) is 5.56 Å². The Labute approximate surface area is 163 Å². The summed E-state index contributed by atoms with van der Waals surface area (Å²) in [6, 6.07) is 8.17. The van der Waals surface area contributed by atoms with Gasteiger partial charge in [-0.05, 0) is 55.0 Å². The molecule has 0 amide bonds. The lowest BCUT2D eigenvalue weighted by atomic mass is 9.62. The zero-order valence-electron chi connectivity index (χ0n) is 17.3. The highest BCUT2D eigenvalue weighted by Crippen LogP contribution is 2.53. The van der Waals surface area contributed by atoms with E-state index in [1.54, 1.807) is 0 Å². The van der Waals surface area contributed by atoms with E-state index >= 15 is 0 Å². The molecule has 1 aliphatic carbocycles. The molecule has 1 aromatic rings. The first-order chi connectivity index (χ1) is 12.7. The van der Waals surface area contributed by atoms with Crippen LogP contribution < -0.4 is 4.90 Å². The minimum atomic E-state index is -0.443. The van der Waals surface area contributed by atoms with Crippen molar-refractivity contribution in [1.82, 2.24) is 0 Å². The molecule has 0 radical (unpaired) electrons. The van der Waals surface area contributed by atoms with Crippen molar-refractivity contribution in [2.24, 2.45) is 10.8 Å². The summed E-state index contributed by atoms with van der Waals surface area (Å²) in [5.41, 5.74) is 3.16. The van der Waals surface area contributed by atoms with Gasteiger partial charge in [0.15, 0.2) is 5.79 Å². The number of ether oxygens (including phenoxy) is 2. The first-order valence-corrected chi connectivity index (χ1v) is 9.88. The van der Waals surface area contributed by atoms with Gasteiger partial charge in [-0.3, -0.25) is 0 Å². The molecule has 4 nitrogen and oxygen atoms in total. The fourth-order valence-corrected chi connectivity index (χ4v) is 5.33. The van der Waals surface area contributed by atoms with Gasteiger partial charge in [0.25, 0.3) is 0 Å². The van der Waals surface area contributed by atoms with E-state index in [9.17, 15) is 5.26 Å². The van der Waals surface area contributed by atoms with Crippen LogP contribution in [0.1, 0.15) is 58.1 Å². The highest BCUT2D eigenvalue weighted by Gasteiger charge is 2.53. The average Bonchev–Trinajstić information content (AvgIpc) is 2.99. The van der Waals surface area contributed by atoms with E-state index in [-0.39, 0.29) is 10.8 Å². The Morgan fingerprint density at radius 1 is 1.15 bits per heavy atom. The fourth-order valence-electron chi connectivity index (χ4n) is 5.33. The number of aryl methyl sites for hydroxylation is 1. The number of anilines is 1. The molecular formula is C23H32N2O2. The summed E-state index contributed by atoms with van der Waals surface area (Å²) in [5.74, 6) is -0.443. The van der Waals surface area contributed by atoms with Gasteiger partial charge >= 0.3 is 0 Å². The van der Waals surface area contributed by atoms with E-state index in [2.05, 4.69) is 50.9 Å². The number of benzene rings is 1. The normalized spacial score (nSPS) is 26.4. The van der Waals surface area contributed by atoms with Gasteiger partial charge in [-0.15, -0.1) is 0 Å². The summed E-state index contributed by atoms with van der Waals surface area (Å²) < 4.78 is 12.2. The van der Waals surface area contributed by atoms with Crippen molar-refractivity contribution < 1.29 is 9.47 Å². The van der Waals surface area contributed by atoms with Crippen LogP contribution in [0.2, 0.25) is 0 Å². The molecule has 0 N–H and O–H groups in total. The predicted molar refractivity (Wildman–Crippen MR) is 108 cm³/mol. The Kier molecular flexibility index (Phi) is 5.38. The number of rotatable bonds is 4. The second-order valence-electron chi connectivity index (χ2n) is 9.34. The Balaban J connectivity index is 1.92. The SMILES string of the molecule is C/C=C\N(CC1(C)CC(C)(C)CC2(C1)OCCO2)c1cc(C#N)ccc1C. The van der Waals surface area contributed by atoms with E-state index in [1.807, 2.05) is 25.1 Å². The van der Waals surface area contributed by atoms with Crippen LogP contribution in [0.15, 0.2) is 30.5 Å². The third kappa shape index (κ3) is 4.36. The minimum Gasteiger partial charge on any atom is -0.348 e. The van der Waals surface area contributed by atoms with Crippen LogP contribution in [0, 0.1) is 29.1 Å². The van der Waals surface area contributed by atoms with Gasteiger partial charge < -0.3 is 14.4 Å². The van der Waals surface area contributed by atoms with Gasteiger partial charge in [-0.2, -0.15) is 5.26 Å². The summed E-state index contributed by atoms with van der Waals surface area (Å²) in [4.78, 5) is 2.29. The Hall–Kier alpha value is -1.83. The van der Waals surface area contributed by atoms with Crippen LogP contribution in [0.25, 0.3) is 0 Å². The van der Waals surface area contributed by atoms with Crippen LogP contribution in [0.3, 0.4) is 0 Å². The number of allylic oxidation sites excluding steroid dienone is 1. The lowest BCUT2D eigenvalue weighted by molar-refractivity contribution is -0.222. The number of hydrogen-bond donors (Lipinski definition) is 0. The molecule has 1 aliphatic heterocycles. The quantitative estimate of drug-likeness (QED) is 0.736. The average molecular weight is 369 g/mol. The molecule has 2 aliphatic rings. The lowest BCUT2D eigenvalue weighted by Gasteiger charge is -2.51. The van der Waals surface area contributed by atoms with Crippen LogP contribution in [0.5, 0.6) is 0 Å². The second kappa shape index (κ2) is 7.30. The molecule has 1 atom stereocenters. The molecule has 1 saturated carbocycles. The number of hydrogen-bond acceptors (Lipinski definition) is 4. The molecule has 27 heavy (non-hydrogen) atoms. The van der Waals surface area contributed by atoms with Crippen molar-refractivity contribution in [1.29, 1.82) is 5.26 Å². The molecule has 4 heteroatoms. The summed E-state index contributed by atoms with van der Waals surface area (Å²) in [5, 5.41) is 9.33. The largest absolute Gasteiger partial charge is 0.348 e. The number of nitriles is 1. The van der Waals surface area contributed by atoms with Gasteiger partial charge in [0.05, 0.1) is 24.8 Å². The topological polar surface area (TPSA) is 45.5 Å². The first kappa shape index (κ1) is 19.9. The van der Waals surface area contributed by atoms with Crippen molar-refractivity contribution in [3.63, 3.8) is 0 Å². The van der Waals surface area contributed by atoms with E-state index in [4.69, 9.17) is 9.47 Å². The third-order valence-electron chi connectivity index (χ3n) is 5.69.